The third-order valence-electron chi connectivity index (χ3n) is 4.16. The van der Waals surface area contributed by atoms with Crippen molar-refractivity contribution in [1.29, 1.82) is 0 Å². The summed E-state index contributed by atoms with van der Waals surface area (Å²) in [6, 6.07) is 12.8. The summed E-state index contributed by atoms with van der Waals surface area (Å²) in [7, 11) is -2.36. The fourth-order valence-corrected chi connectivity index (χ4v) is 3.99. The van der Waals surface area contributed by atoms with Crippen molar-refractivity contribution in [3.63, 3.8) is 0 Å². The Labute approximate surface area is 177 Å². The zero-order valence-corrected chi connectivity index (χ0v) is 18.5. The molecule has 0 saturated carbocycles. The van der Waals surface area contributed by atoms with Crippen LogP contribution in [0.25, 0.3) is 0 Å². The number of sulfonamides is 1. The zero-order valence-electron chi connectivity index (χ0n) is 16.9. The van der Waals surface area contributed by atoms with Crippen LogP contribution in [-0.4, -0.2) is 41.1 Å². The van der Waals surface area contributed by atoms with Gasteiger partial charge in [-0.1, -0.05) is 43.6 Å². The van der Waals surface area contributed by atoms with Gasteiger partial charge in [-0.15, -0.1) is 0 Å². The molecular formula is C21H27ClN2O4S. The molecule has 0 aliphatic heterocycles. The molecule has 0 atom stereocenters. The molecule has 2 aromatic carbocycles. The Morgan fingerprint density at radius 3 is 2.52 bits per heavy atom. The lowest BCUT2D eigenvalue weighted by molar-refractivity contribution is 0.0925. The van der Waals surface area contributed by atoms with Gasteiger partial charge in [0, 0.05) is 26.8 Å². The highest BCUT2D eigenvalue weighted by Gasteiger charge is 2.23. The topological polar surface area (TPSA) is 75.7 Å². The summed E-state index contributed by atoms with van der Waals surface area (Å²) in [5.41, 5.74) is 0.646. The highest BCUT2D eigenvalue weighted by atomic mass is 35.5. The molecule has 8 heteroatoms. The van der Waals surface area contributed by atoms with Crippen molar-refractivity contribution in [2.24, 2.45) is 5.92 Å². The number of nitrogens with one attached hydrogen (secondary N) is 1. The molecule has 0 aliphatic rings. The normalized spacial score (nSPS) is 11.5. The number of rotatable bonds is 10. The Morgan fingerprint density at radius 2 is 1.86 bits per heavy atom. The monoisotopic (exact) mass is 438 g/mol. The Kier molecular flexibility index (Phi) is 8.49. The van der Waals surface area contributed by atoms with Gasteiger partial charge in [0.25, 0.3) is 15.9 Å². The molecule has 29 heavy (non-hydrogen) atoms. The summed E-state index contributed by atoms with van der Waals surface area (Å²) in [5, 5.41) is 2.95. The average Bonchev–Trinajstić information content (AvgIpc) is 2.70. The number of para-hydroxylation sites is 1. The molecule has 0 aliphatic carbocycles. The highest BCUT2D eigenvalue weighted by Crippen LogP contribution is 2.25. The molecule has 0 fully saturated rings. The van der Waals surface area contributed by atoms with Crippen molar-refractivity contribution in [1.82, 2.24) is 5.32 Å². The number of amides is 1. The van der Waals surface area contributed by atoms with Crippen LogP contribution >= 0.6 is 11.6 Å². The molecule has 1 amide bonds. The summed E-state index contributed by atoms with van der Waals surface area (Å²) in [6.45, 7) is 5.77. The Bertz CT molecular complexity index is 918. The summed E-state index contributed by atoms with van der Waals surface area (Å²) in [4.78, 5) is 12.5. The van der Waals surface area contributed by atoms with E-state index in [1.165, 1.54) is 29.6 Å². The van der Waals surface area contributed by atoms with Gasteiger partial charge in [-0.05, 0) is 42.7 Å². The smallest absolute Gasteiger partial charge is 0.264 e. The summed E-state index contributed by atoms with van der Waals surface area (Å²) < 4.78 is 32.5. The molecule has 6 nitrogen and oxygen atoms in total. The second kappa shape index (κ2) is 10.6. The number of carbonyl (C=O) groups excluding carboxylic acids is 1. The first-order valence-electron chi connectivity index (χ1n) is 9.43. The Morgan fingerprint density at radius 1 is 1.17 bits per heavy atom. The third kappa shape index (κ3) is 6.45. The van der Waals surface area contributed by atoms with Gasteiger partial charge in [-0.25, -0.2) is 8.42 Å². The van der Waals surface area contributed by atoms with E-state index in [2.05, 4.69) is 19.2 Å². The summed E-state index contributed by atoms with van der Waals surface area (Å²) in [5.74, 6) is 0.0420. The van der Waals surface area contributed by atoms with E-state index in [4.69, 9.17) is 16.3 Å². The standard InChI is InChI=1S/C21H27ClN2O4S/c1-16(2)15-28-13-7-12-23-21(25)19-14-18(10-11-20(19)22)29(26,27)24(3)17-8-5-4-6-9-17/h4-6,8-11,14,16H,7,12-13,15H2,1-3H3,(H,23,25). The van der Waals surface area contributed by atoms with Gasteiger partial charge in [-0.2, -0.15) is 0 Å². The van der Waals surface area contributed by atoms with E-state index < -0.39 is 15.9 Å². The van der Waals surface area contributed by atoms with E-state index in [1.807, 2.05) is 6.07 Å². The number of halogens is 1. The molecular weight excluding hydrogens is 412 g/mol. The van der Waals surface area contributed by atoms with E-state index in [0.717, 1.165) is 0 Å². The van der Waals surface area contributed by atoms with Crippen molar-refractivity contribution in [3.8, 4) is 0 Å². The van der Waals surface area contributed by atoms with E-state index in [-0.39, 0.29) is 15.5 Å². The minimum atomic E-state index is -3.83. The second-order valence-corrected chi connectivity index (χ2v) is 9.40. The molecule has 1 N–H and O–H groups in total. The molecule has 2 rings (SSSR count). The first-order chi connectivity index (χ1) is 13.7. The molecule has 0 aromatic heterocycles. The van der Waals surface area contributed by atoms with Gasteiger partial charge < -0.3 is 10.1 Å². The lowest BCUT2D eigenvalue weighted by atomic mass is 10.2. The predicted octanol–water partition coefficient (Wildman–Crippen LogP) is 3.96. The molecule has 0 spiro atoms. The van der Waals surface area contributed by atoms with Crippen molar-refractivity contribution < 1.29 is 17.9 Å². The van der Waals surface area contributed by atoms with Gasteiger partial charge in [0.05, 0.1) is 21.2 Å². The number of anilines is 1. The van der Waals surface area contributed by atoms with Crippen molar-refractivity contribution in [3.05, 3.63) is 59.1 Å². The number of benzene rings is 2. The Balaban J connectivity index is 2.08. The summed E-state index contributed by atoms with van der Waals surface area (Å²) >= 11 is 6.14. The number of nitrogens with zero attached hydrogens (tertiary/aromatic N) is 1. The van der Waals surface area contributed by atoms with Crippen molar-refractivity contribution in [2.75, 3.05) is 31.1 Å². The minimum Gasteiger partial charge on any atom is -0.381 e. The van der Waals surface area contributed by atoms with Crippen LogP contribution in [0.1, 0.15) is 30.6 Å². The summed E-state index contributed by atoms with van der Waals surface area (Å²) in [6.07, 6.45) is 0.658. The fraction of sp³-hybridized carbons (Fsp3) is 0.381. The maximum absolute atomic E-state index is 12.9. The number of hydrogen-bond acceptors (Lipinski definition) is 4. The van der Waals surface area contributed by atoms with E-state index >= 15 is 0 Å². The highest BCUT2D eigenvalue weighted by molar-refractivity contribution is 7.92. The molecule has 2 aromatic rings. The van der Waals surface area contributed by atoms with Gasteiger partial charge in [-0.3, -0.25) is 9.10 Å². The Hall–Kier alpha value is -2.09. The molecule has 0 heterocycles. The van der Waals surface area contributed by atoms with Crippen LogP contribution in [0.15, 0.2) is 53.4 Å². The first kappa shape index (κ1) is 23.2. The maximum atomic E-state index is 12.9. The zero-order chi connectivity index (χ0) is 21.4. The molecule has 0 unspecified atom stereocenters. The third-order valence-corrected chi connectivity index (χ3v) is 6.27. The van der Waals surface area contributed by atoms with Crippen LogP contribution in [0.3, 0.4) is 0 Å². The number of ether oxygens (including phenoxy) is 1. The molecule has 158 valence electrons. The van der Waals surface area contributed by atoms with E-state index in [0.29, 0.717) is 37.8 Å². The van der Waals surface area contributed by atoms with Crippen LogP contribution in [0.2, 0.25) is 5.02 Å². The quantitative estimate of drug-likeness (QED) is 0.570. The predicted molar refractivity (Wildman–Crippen MR) is 116 cm³/mol. The molecule has 0 bridgehead atoms. The van der Waals surface area contributed by atoms with Gasteiger partial charge in [0.15, 0.2) is 0 Å². The van der Waals surface area contributed by atoms with Crippen LogP contribution in [0.5, 0.6) is 0 Å². The van der Waals surface area contributed by atoms with Crippen LogP contribution < -0.4 is 9.62 Å². The second-order valence-electron chi connectivity index (χ2n) is 7.03. The number of hydrogen-bond donors (Lipinski definition) is 1. The molecule has 0 radical (unpaired) electrons. The van der Waals surface area contributed by atoms with Gasteiger partial charge in [0.1, 0.15) is 0 Å². The fourth-order valence-electron chi connectivity index (χ4n) is 2.56. The number of carbonyl (C=O) groups is 1. The van der Waals surface area contributed by atoms with Crippen molar-refractivity contribution >= 4 is 33.2 Å². The lowest BCUT2D eigenvalue weighted by Crippen LogP contribution is -2.28. The lowest BCUT2D eigenvalue weighted by Gasteiger charge is -2.20. The van der Waals surface area contributed by atoms with Crippen LogP contribution in [-0.2, 0) is 14.8 Å². The largest absolute Gasteiger partial charge is 0.381 e. The average molecular weight is 439 g/mol. The van der Waals surface area contributed by atoms with Crippen molar-refractivity contribution in [2.45, 2.75) is 25.2 Å². The van der Waals surface area contributed by atoms with Gasteiger partial charge in [0.2, 0.25) is 0 Å². The first-order valence-corrected chi connectivity index (χ1v) is 11.2. The van der Waals surface area contributed by atoms with E-state index in [9.17, 15) is 13.2 Å². The van der Waals surface area contributed by atoms with Crippen LogP contribution in [0, 0.1) is 5.92 Å². The van der Waals surface area contributed by atoms with Crippen LogP contribution in [0.4, 0.5) is 5.69 Å². The maximum Gasteiger partial charge on any atom is 0.264 e. The molecule has 0 saturated heterocycles. The SMILES string of the molecule is CC(C)COCCCNC(=O)c1cc(S(=O)(=O)N(C)c2ccccc2)ccc1Cl. The minimum absolute atomic E-state index is 0.00123. The van der Waals surface area contributed by atoms with E-state index in [1.54, 1.807) is 24.3 Å². The van der Waals surface area contributed by atoms with Gasteiger partial charge >= 0.3 is 0 Å².